The minimum absolute atomic E-state index is 0.254. The van der Waals surface area contributed by atoms with Crippen molar-refractivity contribution in [3.8, 4) is 0 Å². The van der Waals surface area contributed by atoms with Gasteiger partial charge in [0.2, 0.25) is 0 Å². The molecule has 0 fully saturated rings. The zero-order valence-electron chi connectivity index (χ0n) is 16.0. The molecule has 0 aliphatic carbocycles. The van der Waals surface area contributed by atoms with Gasteiger partial charge in [0, 0.05) is 17.8 Å². The molecule has 0 radical (unpaired) electrons. The summed E-state index contributed by atoms with van der Waals surface area (Å²) in [6.45, 7) is 5.89. The second-order valence-electron chi connectivity index (χ2n) is 7.52. The van der Waals surface area contributed by atoms with E-state index in [9.17, 15) is 4.21 Å². The van der Waals surface area contributed by atoms with Gasteiger partial charge in [-0.3, -0.25) is 0 Å². The first kappa shape index (κ1) is 19.9. The third-order valence-corrected chi connectivity index (χ3v) is 6.28. The Bertz CT molecular complexity index is 981. The normalized spacial score (nSPS) is 14.1. The van der Waals surface area contributed by atoms with Crippen molar-refractivity contribution in [3.05, 3.63) is 76.8 Å². The number of anilines is 1. The molecule has 0 aromatic heterocycles. The van der Waals surface area contributed by atoms with Crippen LogP contribution >= 0.6 is 11.6 Å². The van der Waals surface area contributed by atoms with Gasteiger partial charge in [-0.25, -0.2) is 8.93 Å². The topological polar surface area (TPSA) is 41.1 Å². The Labute approximate surface area is 168 Å². The van der Waals surface area contributed by atoms with Gasteiger partial charge in [0.1, 0.15) is 0 Å². The largest absolute Gasteiger partial charge is 0.388 e. The number of nitrogens with one attached hydrogen (secondary N) is 2. The summed E-state index contributed by atoms with van der Waals surface area (Å²) in [6, 6.07) is 20.1. The monoisotopic (exact) mass is 400 g/mol. The van der Waals surface area contributed by atoms with Crippen molar-refractivity contribution in [2.75, 3.05) is 12.4 Å². The average molecular weight is 401 g/mol. The number of hydrogen-bond acceptors (Lipinski definition) is 2. The van der Waals surface area contributed by atoms with Crippen molar-refractivity contribution in [1.82, 2.24) is 4.72 Å². The summed E-state index contributed by atoms with van der Waals surface area (Å²) in [4.78, 5) is 0. The maximum atomic E-state index is 12.9. The Morgan fingerprint density at radius 3 is 2.33 bits per heavy atom. The third-order valence-electron chi connectivity index (χ3n) is 4.48. The summed E-state index contributed by atoms with van der Waals surface area (Å²) in [5, 5.41) is 6.20. The fraction of sp³-hybridized carbons (Fsp3) is 0.273. The fourth-order valence-electron chi connectivity index (χ4n) is 2.98. The van der Waals surface area contributed by atoms with Crippen molar-refractivity contribution in [2.45, 2.75) is 31.6 Å². The van der Waals surface area contributed by atoms with E-state index in [-0.39, 0.29) is 10.8 Å². The Morgan fingerprint density at radius 1 is 0.963 bits per heavy atom. The molecule has 3 nitrogen and oxygen atoms in total. The second-order valence-corrected chi connectivity index (χ2v) is 9.95. The van der Waals surface area contributed by atoms with Crippen molar-refractivity contribution in [2.24, 2.45) is 0 Å². The minimum Gasteiger partial charge on any atom is -0.388 e. The van der Waals surface area contributed by atoms with Crippen LogP contribution in [-0.2, 0) is 11.0 Å². The first-order chi connectivity index (χ1) is 12.8. The molecule has 0 saturated heterocycles. The highest BCUT2D eigenvalue weighted by Crippen LogP contribution is 2.33. The van der Waals surface area contributed by atoms with Crippen LogP contribution < -0.4 is 10.0 Å². The highest BCUT2D eigenvalue weighted by Gasteiger charge is 2.26. The molecular weight excluding hydrogens is 376 g/mol. The standard InChI is InChI=1S/C22H25ClN2OS/c1-22(2,3)27(26)25-21(19-14-18(23)11-12-20(19)24-4)17-10-9-15-7-5-6-8-16(15)13-17/h5-14,21,24-25H,1-4H3/t21-,27-/m1/s1. The molecule has 2 N–H and O–H groups in total. The number of rotatable bonds is 5. The highest BCUT2D eigenvalue weighted by atomic mass is 35.5. The molecular formula is C22H25ClN2OS. The van der Waals surface area contributed by atoms with E-state index < -0.39 is 11.0 Å². The van der Waals surface area contributed by atoms with Crippen LogP contribution in [0.4, 0.5) is 5.69 Å². The summed E-state index contributed by atoms with van der Waals surface area (Å²) >= 11 is 6.30. The van der Waals surface area contributed by atoms with Gasteiger partial charge >= 0.3 is 0 Å². The van der Waals surface area contributed by atoms with E-state index in [1.165, 1.54) is 5.39 Å². The zero-order chi connectivity index (χ0) is 19.6. The van der Waals surface area contributed by atoms with Crippen LogP contribution in [0.25, 0.3) is 10.8 Å². The molecule has 0 aliphatic heterocycles. The molecule has 0 saturated carbocycles. The highest BCUT2D eigenvalue weighted by molar-refractivity contribution is 7.84. The first-order valence-corrected chi connectivity index (χ1v) is 10.5. The molecule has 0 amide bonds. The van der Waals surface area contributed by atoms with Crippen molar-refractivity contribution < 1.29 is 4.21 Å². The van der Waals surface area contributed by atoms with Gasteiger partial charge in [0.25, 0.3) is 0 Å². The summed E-state index contributed by atoms with van der Waals surface area (Å²) in [5.74, 6) is 0. The molecule has 2 atom stereocenters. The van der Waals surface area contributed by atoms with Gasteiger partial charge in [-0.1, -0.05) is 48.0 Å². The predicted molar refractivity (Wildman–Crippen MR) is 118 cm³/mol. The lowest BCUT2D eigenvalue weighted by molar-refractivity contribution is 0.624. The minimum atomic E-state index is -1.24. The Morgan fingerprint density at radius 2 is 1.67 bits per heavy atom. The lowest BCUT2D eigenvalue weighted by Gasteiger charge is -2.27. The van der Waals surface area contributed by atoms with E-state index in [2.05, 4.69) is 40.4 Å². The van der Waals surface area contributed by atoms with E-state index in [1.807, 2.05) is 58.2 Å². The zero-order valence-corrected chi connectivity index (χ0v) is 17.6. The molecule has 0 bridgehead atoms. The Kier molecular flexibility index (Phi) is 5.89. The predicted octanol–water partition coefficient (Wildman–Crippen LogP) is 5.68. The Hall–Kier alpha value is -1.88. The fourth-order valence-corrected chi connectivity index (χ4v) is 3.99. The summed E-state index contributed by atoms with van der Waals surface area (Å²) in [5.41, 5.74) is 2.97. The van der Waals surface area contributed by atoms with E-state index in [0.29, 0.717) is 5.02 Å². The smallest absolute Gasteiger partial charge is 0.0979 e. The number of halogens is 1. The van der Waals surface area contributed by atoms with Crippen LogP contribution in [0.1, 0.15) is 37.9 Å². The van der Waals surface area contributed by atoms with Gasteiger partial charge < -0.3 is 5.32 Å². The van der Waals surface area contributed by atoms with Gasteiger partial charge in [-0.05, 0) is 66.9 Å². The van der Waals surface area contributed by atoms with Crippen molar-refractivity contribution >= 4 is 39.0 Å². The van der Waals surface area contributed by atoms with Gasteiger partial charge in [0.15, 0.2) is 0 Å². The molecule has 0 spiro atoms. The first-order valence-electron chi connectivity index (χ1n) is 8.93. The molecule has 3 aromatic rings. The lowest BCUT2D eigenvalue weighted by Crippen LogP contribution is -2.36. The van der Waals surface area contributed by atoms with Crippen LogP contribution in [0.3, 0.4) is 0 Å². The molecule has 3 aromatic carbocycles. The molecule has 3 rings (SSSR count). The van der Waals surface area contributed by atoms with Gasteiger partial charge in [-0.15, -0.1) is 0 Å². The maximum absolute atomic E-state index is 12.9. The van der Waals surface area contributed by atoms with Crippen LogP contribution in [0, 0.1) is 0 Å². The van der Waals surface area contributed by atoms with Crippen LogP contribution in [0.15, 0.2) is 60.7 Å². The average Bonchev–Trinajstić information content (AvgIpc) is 2.64. The number of benzene rings is 3. The van der Waals surface area contributed by atoms with Crippen LogP contribution in [0.2, 0.25) is 5.02 Å². The van der Waals surface area contributed by atoms with E-state index in [4.69, 9.17) is 11.6 Å². The van der Waals surface area contributed by atoms with Crippen LogP contribution in [0.5, 0.6) is 0 Å². The van der Waals surface area contributed by atoms with E-state index in [1.54, 1.807) is 0 Å². The second kappa shape index (κ2) is 8.01. The molecule has 0 unspecified atom stereocenters. The van der Waals surface area contributed by atoms with E-state index in [0.717, 1.165) is 22.2 Å². The van der Waals surface area contributed by atoms with Crippen molar-refractivity contribution in [3.63, 3.8) is 0 Å². The maximum Gasteiger partial charge on any atom is 0.0979 e. The molecule has 142 valence electrons. The lowest BCUT2D eigenvalue weighted by atomic mass is 9.95. The Balaban J connectivity index is 2.14. The molecule has 0 heterocycles. The third kappa shape index (κ3) is 4.52. The number of hydrogen-bond donors (Lipinski definition) is 2. The van der Waals surface area contributed by atoms with Crippen LogP contribution in [-0.4, -0.2) is 16.0 Å². The molecule has 27 heavy (non-hydrogen) atoms. The number of fused-ring (bicyclic) bond motifs is 1. The van der Waals surface area contributed by atoms with Gasteiger partial charge in [0.05, 0.1) is 21.8 Å². The van der Waals surface area contributed by atoms with Gasteiger partial charge in [-0.2, -0.15) is 0 Å². The SMILES string of the molecule is CNc1ccc(Cl)cc1[C@H](N[S@](=O)C(C)(C)C)c1ccc2ccccc2c1. The molecule has 5 heteroatoms. The summed E-state index contributed by atoms with van der Waals surface area (Å²) in [6.07, 6.45) is 0. The summed E-state index contributed by atoms with van der Waals surface area (Å²) < 4.78 is 15.9. The summed E-state index contributed by atoms with van der Waals surface area (Å²) in [7, 11) is 0.640. The van der Waals surface area contributed by atoms with E-state index >= 15 is 0 Å². The van der Waals surface area contributed by atoms with Crippen molar-refractivity contribution in [1.29, 1.82) is 0 Å². The quantitative estimate of drug-likeness (QED) is 0.578. The molecule has 0 aliphatic rings.